The van der Waals surface area contributed by atoms with Gasteiger partial charge in [-0.05, 0) is 56.9 Å². The number of carbonyl (C=O) groups excluding carboxylic acids is 2. The number of rotatable bonds is 10. The topological polar surface area (TPSA) is 71.1 Å². The smallest absolute Gasteiger partial charge is 0.333 e. The summed E-state index contributed by atoms with van der Waals surface area (Å²) in [6.07, 6.45) is 4.03. The molecule has 0 spiro atoms. The standard InChI is InChI=1S/C17H22O6S/c1-17(2,21-15(18)11-20-10-12-4-5-12)16(19)13-6-8-14(9-7-13)22-23-24-3/h6-9,12H,4-5,10-11H2,1-3H3. The summed E-state index contributed by atoms with van der Waals surface area (Å²) in [7, 11) is 0. The predicted molar refractivity (Wildman–Crippen MR) is 89.7 cm³/mol. The second kappa shape index (κ2) is 8.50. The van der Waals surface area contributed by atoms with Gasteiger partial charge in [-0.15, -0.1) is 4.33 Å². The van der Waals surface area contributed by atoms with Crippen molar-refractivity contribution in [3.05, 3.63) is 29.8 Å². The summed E-state index contributed by atoms with van der Waals surface area (Å²) in [4.78, 5) is 29.3. The van der Waals surface area contributed by atoms with Gasteiger partial charge in [-0.3, -0.25) is 4.79 Å². The number of ether oxygens (including phenoxy) is 2. The maximum atomic E-state index is 12.5. The zero-order chi connectivity index (χ0) is 17.6. The Bertz CT molecular complexity index is 565. The van der Waals surface area contributed by atoms with E-state index < -0.39 is 11.6 Å². The van der Waals surface area contributed by atoms with E-state index in [0.717, 1.165) is 24.9 Å². The van der Waals surface area contributed by atoms with E-state index in [-0.39, 0.29) is 12.4 Å². The van der Waals surface area contributed by atoms with Crippen LogP contribution in [0.1, 0.15) is 37.0 Å². The van der Waals surface area contributed by atoms with E-state index in [1.165, 1.54) is 0 Å². The summed E-state index contributed by atoms with van der Waals surface area (Å²) in [6.45, 7) is 3.57. The van der Waals surface area contributed by atoms with Crippen molar-refractivity contribution in [1.29, 1.82) is 0 Å². The normalized spacial score (nSPS) is 14.3. The van der Waals surface area contributed by atoms with Crippen LogP contribution in [0.3, 0.4) is 0 Å². The molecule has 132 valence electrons. The number of ketones is 1. The number of esters is 1. The maximum Gasteiger partial charge on any atom is 0.333 e. The van der Waals surface area contributed by atoms with Crippen LogP contribution in [0.5, 0.6) is 5.75 Å². The first-order valence-corrected chi connectivity index (χ1v) is 8.89. The fourth-order valence-corrected chi connectivity index (χ4v) is 2.18. The van der Waals surface area contributed by atoms with Gasteiger partial charge in [-0.2, -0.15) is 0 Å². The van der Waals surface area contributed by atoms with Gasteiger partial charge in [-0.25, -0.2) is 4.79 Å². The largest absolute Gasteiger partial charge is 0.450 e. The van der Waals surface area contributed by atoms with E-state index in [9.17, 15) is 9.59 Å². The van der Waals surface area contributed by atoms with Crippen molar-refractivity contribution in [3.8, 4) is 5.75 Å². The highest BCUT2D eigenvalue weighted by atomic mass is 32.2. The van der Waals surface area contributed by atoms with Crippen LogP contribution in [0.15, 0.2) is 24.3 Å². The molecule has 1 fully saturated rings. The molecule has 0 aromatic heterocycles. The zero-order valence-electron chi connectivity index (χ0n) is 14.1. The van der Waals surface area contributed by atoms with E-state index in [1.54, 1.807) is 44.4 Å². The minimum atomic E-state index is -1.27. The van der Waals surface area contributed by atoms with Crippen LogP contribution in [0, 0.1) is 5.92 Å². The van der Waals surface area contributed by atoms with E-state index in [0.29, 0.717) is 23.8 Å². The van der Waals surface area contributed by atoms with Gasteiger partial charge < -0.3 is 14.4 Å². The molecule has 0 aliphatic heterocycles. The molecule has 0 bridgehead atoms. The van der Waals surface area contributed by atoms with Gasteiger partial charge in [0.05, 0.1) is 6.61 Å². The fourth-order valence-electron chi connectivity index (χ4n) is 2.04. The van der Waals surface area contributed by atoms with Gasteiger partial charge in [0.1, 0.15) is 6.61 Å². The second-order valence-corrected chi connectivity index (χ2v) is 6.58. The minimum absolute atomic E-state index is 0.133. The summed E-state index contributed by atoms with van der Waals surface area (Å²) in [5, 5.41) is 0. The predicted octanol–water partition coefficient (Wildman–Crippen LogP) is 3.21. The summed E-state index contributed by atoms with van der Waals surface area (Å²) < 4.78 is 15.3. The third kappa shape index (κ3) is 5.81. The minimum Gasteiger partial charge on any atom is -0.450 e. The van der Waals surface area contributed by atoms with Crippen molar-refractivity contribution >= 4 is 23.8 Å². The molecule has 0 amide bonds. The first-order chi connectivity index (χ1) is 11.4. The molecule has 6 nitrogen and oxygen atoms in total. The van der Waals surface area contributed by atoms with Crippen LogP contribution >= 0.6 is 12.0 Å². The number of benzene rings is 1. The molecule has 1 aliphatic carbocycles. The lowest BCUT2D eigenvalue weighted by Crippen LogP contribution is -2.38. The first-order valence-electron chi connectivity index (χ1n) is 7.74. The molecule has 0 atom stereocenters. The van der Waals surface area contributed by atoms with Crippen molar-refractivity contribution in [1.82, 2.24) is 0 Å². The quantitative estimate of drug-likeness (QED) is 0.210. The Balaban J connectivity index is 1.86. The van der Waals surface area contributed by atoms with Crippen molar-refractivity contribution in [2.24, 2.45) is 5.92 Å². The average molecular weight is 354 g/mol. The van der Waals surface area contributed by atoms with Crippen LogP contribution in [0.4, 0.5) is 0 Å². The molecule has 2 rings (SSSR count). The lowest BCUT2D eigenvalue weighted by atomic mass is 9.96. The molecule has 0 heterocycles. The lowest BCUT2D eigenvalue weighted by molar-refractivity contribution is -0.158. The van der Waals surface area contributed by atoms with Gasteiger partial charge in [-0.1, -0.05) is 0 Å². The Hall–Kier alpha value is -1.57. The van der Waals surface area contributed by atoms with Gasteiger partial charge in [0, 0.05) is 23.9 Å². The highest BCUT2D eigenvalue weighted by Gasteiger charge is 2.33. The highest BCUT2D eigenvalue weighted by Crippen LogP contribution is 2.28. The molecule has 0 N–H and O–H groups in total. The Morgan fingerprint density at radius 3 is 2.46 bits per heavy atom. The molecule has 1 aromatic carbocycles. The molecule has 0 unspecified atom stereocenters. The van der Waals surface area contributed by atoms with Gasteiger partial charge in [0.25, 0.3) is 0 Å². The van der Waals surface area contributed by atoms with Gasteiger partial charge in [0.15, 0.2) is 11.4 Å². The Labute approximate surface area is 145 Å². The monoisotopic (exact) mass is 354 g/mol. The van der Waals surface area contributed by atoms with Crippen molar-refractivity contribution < 1.29 is 28.3 Å². The fraction of sp³-hybridized carbons (Fsp3) is 0.529. The highest BCUT2D eigenvalue weighted by molar-refractivity contribution is 7.93. The third-order valence-electron chi connectivity index (χ3n) is 3.50. The number of Topliss-reactive ketones (excluding diaryl/α,β-unsaturated/α-hetero) is 1. The number of hydrogen-bond acceptors (Lipinski definition) is 7. The summed E-state index contributed by atoms with van der Waals surface area (Å²) in [6, 6.07) is 6.42. The molecule has 0 saturated heterocycles. The summed E-state index contributed by atoms with van der Waals surface area (Å²) in [5.74, 6) is 0.213. The van der Waals surface area contributed by atoms with Crippen molar-refractivity contribution in [2.45, 2.75) is 32.3 Å². The Morgan fingerprint density at radius 2 is 1.88 bits per heavy atom. The van der Waals surface area contributed by atoms with Crippen molar-refractivity contribution in [3.63, 3.8) is 0 Å². The molecule has 0 radical (unpaired) electrons. The molecule has 1 aliphatic rings. The van der Waals surface area contributed by atoms with Crippen LogP contribution in [-0.2, 0) is 18.6 Å². The third-order valence-corrected chi connectivity index (χ3v) is 3.71. The van der Waals surface area contributed by atoms with E-state index >= 15 is 0 Å². The van der Waals surface area contributed by atoms with Crippen LogP contribution in [-0.4, -0.2) is 36.8 Å². The van der Waals surface area contributed by atoms with Gasteiger partial charge in [0.2, 0.25) is 5.78 Å². The second-order valence-electron chi connectivity index (χ2n) is 6.11. The molecular formula is C17H22O6S. The van der Waals surface area contributed by atoms with Crippen LogP contribution < -0.4 is 4.89 Å². The summed E-state index contributed by atoms with van der Waals surface area (Å²) in [5.41, 5.74) is -0.846. The van der Waals surface area contributed by atoms with Crippen LogP contribution in [0.2, 0.25) is 0 Å². The molecular weight excluding hydrogens is 332 g/mol. The van der Waals surface area contributed by atoms with Crippen LogP contribution in [0.25, 0.3) is 0 Å². The number of carbonyl (C=O) groups is 2. The molecule has 1 saturated carbocycles. The first kappa shape index (κ1) is 18.8. The molecule has 7 heteroatoms. The maximum absolute atomic E-state index is 12.5. The lowest BCUT2D eigenvalue weighted by Gasteiger charge is -2.23. The number of hydrogen-bond donors (Lipinski definition) is 0. The van der Waals surface area contributed by atoms with E-state index in [4.69, 9.17) is 18.7 Å². The SMILES string of the molecule is CSOOc1ccc(C(=O)C(C)(C)OC(=O)COCC2CC2)cc1. The summed E-state index contributed by atoms with van der Waals surface area (Å²) >= 11 is 1.07. The molecule has 1 aromatic rings. The Morgan fingerprint density at radius 1 is 1.21 bits per heavy atom. The van der Waals surface area contributed by atoms with Gasteiger partial charge >= 0.3 is 5.97 Å². The van der Waals surface area contributed by atoms with E-state index in [1.807, 2.05) is 0 Å². The van der Waals surface area contributed by atoms with E-state index in [2.05, 4.69) is 0 Å². The average Bonchev–Trinajstić information content (AvgIpc) is 3.36. The molecule has 24 heavy (non-hydrogen) atoms. The Kier molecular flexibility index (Phi) is 6.65. The zero-order valence-corrected chi connectivity index (χ0v) is 14.9. The van der Waals surface area contributed by atoms with Crippen molar-refractivity contribution in [2.75, 3.05) is 19.5 Å².